The second-order valence-corrected chi connectivity index (χ2v) is 7.95. The van der Waals surface area contributed by atoms with E-state index in [-0.39, 0.29) is 18.1 Å². The standard InChI is InChI=1S/C8H19N3O4S2/c1-2-16(12,13)10-5-8-17(14,15)11-6-3-9-4-7-11/h9-10H,2-8H2,1H3. The molecule has 0 atom stereocenters. The van der Waals surface area contributed by atoms with Crippen molar-refractivity contribution < 1.29 is 16.8 Å². The van der Waals surface area contributed by atoms with Gasteiger partial charge in [-0.3, -0.25) is 0 Å². The lowest BCUT2D eigenvalue weighted by atomic mass is 10.4. The Balaban J connectivity index is 2.44. The van der Waals surface area contributed by atoms with Crippen LogP contribution in [-0.4, -0.2) is 65.4 Å². The smallest absolute Gasteiger partial charge is 0.215 e. The second kappa shape index (κ2) is 6.10. The predicted molar refractivity (Wildman–Crippen MR) is 65.7 cm³/mol. The molecule has 7 nitrogen and oxygen atoms in total. The summed E-state index contributed by atoms with van der Waals surface area (Å²) in [7, 11) is -6.67. The Morgan fingerprint density at radius 3 is 2.29 bits per heavy atom. The van der Waals surface area contributed by atoms with Gasteiger partial charge in [-0.05, 0) is 6.92 Å². The molecular weight excluding hydrogens is 266 g/mol. The molecule has 1 rings (SSSR count). The molecular formula is C8H19N3O4S2. The van der Waals surface area contributed by atoms with Crippen LogP contribution in [0.15, 0.2) is 0 Å². The molecule has 1 aliphatic rings. The molecule has 102 valence electrons. The minimum atomic E-state index is -3.35. The molecule has 1 aliphatic heterocycles. The van der Waals surface area contributed by atoms with Crippen molar-refractivity contribution >= 4 is 20.0 Å². The Hall–Kier alpha value is -0.220. The van der Waals surface area contributed by atoms with Gasteiger partial charge < -0.3 is 5.32 Å². The fourth-order valence-electron chi connectivity index (χ4n) is 1.48. The monoisotopic (exact) mass is 285 g/mol. The summed E-state index contributed by atoms with van der Waals surface area (Å²) in [6.07, 6.45) is 0. The third kappa shape index (κ3) is 4.88. The summed E-state index contributed by atoms with van der Waals surface area (Å²) < 4.78 is 49.6. The highest BCUT2D eigenvalue weighted by Crippen LogP contribution is 2.02. The van der Waals surface area contributed by atoms with Gasteiger partial charge in [0.25, 0.3) is 0 Å². The van der Waals surface area contributed by atoms with Crippen molar-refractivity contribution in [1.29, 1.82) is 0 Å². The maximum absolute atomic E-state index is 11.8. The van der Waals surface area contributed by atoms with Gasteiger partial charge in [-0.25, -0.2) is 21.6 Å². The van der Waals surface area contributed by atoms with Crippen molar-refractivity contribution in [3.63, 3.8) is 0 Å². The van der Waals surface area contributed by atoms with E-state index in [1.165, 1.54) is 11.2 Å². The average Bonchev–Trinajstić information content (AvgIpc) is 2.30. The molecule has 1 fully saturated rings. The summed E-state index contributed by atoms with van der Waals surface area (Å²) in [5.41, 5.74) is 0. The Labute approximate surface area is 103 Å². The molecule has 0 aromatic rings. The number of sulfonamides is 2. The van der Waals surface area contributed by atoms with Crippen molar-refractivity contribution in [2.24, 2.45) is 0 Å². The topological polar surface area (TPSA) is 95.6 Å². The van der Waals surface area contributed by atoms with Crippen LogP contribution in [0.5, 0.6) is 0 Å². The quantitative estimate of drug-likeness (QED) is 0.598. The summed E-state index contributed by atoms with van der Waals surface area (Å²) in [6, 6.07) is 0. The highest BCUT2D eigenvalue weighted by Gasteiger charge is 2.23. The first-order valence-corrected chi connectivity index (χ1v) is 8.79. The summed E-state index contributed by atoms with van der Waals surface area (Å²) in [5, 5.41) is 3.06. The largest absolute Gasteiger partial charge is 0.314 e. The molecule has 0 unspecified atom stereocenters. The third-order valence-electron chi connectivity index (χ3n) is 2.53. The average molecular weight is 285 g/mol. The van der Waals surface area contributed by atoms with E-state index in [0.717, 1.165) is 0 Å². The predicted octanol–water partition coefficient (Wildman–Crippen LogP) is -1.84. The Morgan fingerprint density at radius 2 is 1.76 bits per heavy atom. The summed E-state index contributed by atoms with van der Waals surface area (Å²) in [6.45, 7) is 3.61. The van der Waals surface area contributed by atoms with E-state index in [1.54, 1.807) is 0 Å². The second-order valence-electron chi connectivity index (χ2n) is 3.76. The van der Waals surface area contributed by atoms with E-state index in [2.05, 4.69) is 10.0 Å². The SMILES string of the molecule is CCS(=O)(=O)NCCS(=O)(=O)N1CCNCC1. The first-order chi connectivity index (χ1) is 7.87. The van der Waals surface area contributed by atoms with Gasteiger partial charge in [0.1, 0.15) is 0 Å². The van der Waals surface area contributed by atoms with Crippen molar-refractivity contribution in [2.75, 3.05) is 44.2 Å². The zero-order valence-corrected chi connectivity index (χ0v) is 11.5. The summed E-state index contributed by atoms with van der Waals surface area (Å²) >= 11 is 0. The van der Waals surface area contributed by atoms with Crippen LogP contribution in [0.2, 0.25) is 0 Å². The van der Waals surface area contributed by atoms with Crippen LogP contribution in [0.3, 0.4) is 0 Å². The van der Waals surface area contributed by atoms with Crippen molar-refractivity contribution in [3.8, 4) is 0 Å². The molecule has 0 aromatic heterocycles. The number of nitrogens with one attached hydrogen (secondary N) is 2. The Bertz CT molecular complexity index is 426. The number of hydrogen-bond donors (Lipinski definition) is 2. The molecule has 0 aromatic carbocycles. The maximum Gasteiger partial charge on any atom is 0.215 e. The van der Waals surface area contributed by atoms with E-state index >= 15 is 0 Å². The van der Waals surface area contributed by atoms with E-state index in [4.69, 9.17) is 0 Å². The van der Waals surface area contributed by atoms with Gasteiger partial charge >= 0.3 is 0 Å². The van der Waals surface area contributed by atoms with Gasteiger partial charge in [-0.15, -0.1) is 0 Å². The molecule has 0 bridgehead atoms. The number of rotatable bonds is 6. The highest BCUT2D eigenvalue weighted by molar-refractivity contribution is 7.90. The van der Waals surface area contributed by atoms with Crippen LogP contribution in [-0.2, 0) is 20.0 Å². The van der Waals surface area contributed by atoms with Gasteiger partial charge in [-0.1, -0.05) is 0 Å². The van der Waals surface area contributed by atoms with Crippen LogP contribution in [0.25, 0.3) is 0 Å². The molecule has 1 heterocycles. The lowest BCUT2D eigenvalue weighted by Gasteiger charge is -2.26. The summed E-state index contributed by atoms with van der Waals surface area (Å²) in [5.74, 6) is -0.229. The first kappa shape index (κ1) is 14.8. The molecule has 9 heteroatoms. The van der Waals surface area contributed by atoms with Gasteiger partial charge in [0.05, 0.1) is 11.5 Å². The Morgan fingerprint density at radius 1 is 1.18 bits per heavy atom. The molecule has 0 amide bonds. The van der Waals surface area contributed by atoms with Crippen LogP contribution < -0.4 is 10.0 Å². The van der Waals surface area contributed by atoms with Gasteiger partial charge in [0.2, 0.25) is 20.0 Å². The fraction of sp³-hybridized carbons (Fsp3) is 1.00. The number of nitrogens with zero attached hydrogens (tertiary/aromatic N) is 1. The van der Waals surface area contributed by atoms with Crippen LogP contribution in [0, 0.1) is 0 Å². The molecule has 0 radical (unpaired) electrons. The van der Waals surface area contributed by atoms with Crippen molar-refractivity contribution in [3.05, 3.63) is 0 Å². The zero-order chi connectivity index (χ0) is 12.9. The molecule has 17 heavy (non-hydrogen) atoms. The van der Waals surface area contributed by atoms with E-state index in [0.29, 0.717) is 26.2 Å². The Kier molecular flexibility index (Phi) is 5.32. The van der Waals surface area contributed by atoms with E-state index in [1.807, 2.05) is 0 Å². The molecule has 1 saturated heterocycles. The zero-order valence-electron chi connectivity index (χ0n) is 9.85. The number of piperazine rings is 1. The fourth-order valence-corrected chi connectivity index (χ4v) is 3.58. The van der Waals surface area contributed by atoms with Crippen molar-refractivity contribution in [1.82, 2.24) is 14.3 Å². The summed E-state index contributed by atoms with van der Waals surface area (Å²) in [4.78, 5) is 0. The minimum absolute atomic E-state index is 0.0410. The van der Waals surface area contributed by atoms with Crippen LogP contribution in [0.4, 0.5) is 0 Å². The lowest BCUT2D eigenvalue weighted by molar-refractivity contribution is 0.360. The van der Waals surface area contributed by atoms with Gasteiger partial charge in [0, 0.05) is 32.7 Å². The molecule has 0 aliphatic carbocycles. The van der Waals surface area contributed by atoms with Gasteiger partial charge in [0.15, 0.2) is 0 Å². The lowest BCUT2D eigenvalue weighted by Crippen LogP contribution is -2.48. The van der Waals surface area contributed by atoms with Crippen LogP contribution in [0.1, 0.15) is 6.92 Å². The molecule has 2 N–H and O–H groups in total. The molecule has 0 spiro atoms. The minimum Gasteiger partial charge on any atom is -0.314 e. The van der Waals surface area contributed by atoms with Crippen molar-refractivity contribution in [2.45, 2.75) is 6.92 Å². The normalized spacial score (nSPS) is 19.4. The van der Waals surface area contributed by atoms with E-state index in [9.17, 15) is 16.8 Å². The third-order valence-corrected chi connectivity index (χ3v) is 5.81. The van der Waals surface area contributed by atoms with Gasteiger partial charge in [-0.2, -0.15) is 4.31 Å². The molecule has 0 saturated carbocycles. The highest BCUT2D eigenvalue weighted by atomic mass is 32.2. The van der Waals surface area contributed by atoms with E-state index < -0.39 is 20.0 Å². The maximum atomic E-state index is 11.8. The van der Waals surface area contributed by atoms with Crippen LogP contribution >= 0.6 is 0 Å². The number of hydrogen-bond acceptors (Lipinski definition) is 5. The first-order valence-electron chi connectivity index (χ1n) is 5.53.